The number of hydrogen-bond donors (Lipinski definition) is 2. The van der Waals surface area contributed by atoms with Crippen molar-refractivity contribution in [1.82, 2.24) is 10.2 Å². The normalized spacial score (nSPS) is 25.1. The quantitative estimate of drug-likeness (QED) is 0.652. The SMILES string of the molecule is CN(C(=O)[C@@H]1OCC[C@@H]1NC(=O)OCC1c2ccccc2-c2ccccc21)C1COCC1C(=O)O. The molecule has 2 heterocycles. The third kappa shape index (κ3) is 4.37. The molecule has 9 heteroatoms. The Morgan fingerprint density at radius 1 is 1.06 bits per heavy atom. The van der Waals surface area contributed by atoms with Gasteiger partial charge in [-0.2, -0.15) is 0 Å². The van der Waals surface area contributed by atoms with Crippen molar-refractivity contribution in [3.63, 3.8) is 0 Å². The number of alkyl carbamates (subject to hydrolysis) is 1. The van der Waals surface area contributed by atoms with E-state index in [-0.39, 0.29) is 31.6 Å². The van der Waals surface area contributed by atoms with E-state index >= 15 is 0 Å². The van der Waals surface area contributed by atoms with Crippen molar-refractivity contribution in [1.29, 1.82) is 0 Å². The molecule has 2 amide bonds. The minimum Gasteiger partial charge on any atom is -0.481 e. The summed E-state index contributed by atoms with van der Waals surface area (Å²) in [6.07, 6.45) is -1.07. The van der Waals surface area contributed by atoms with Gasteiger partial charge in [0.05, 0.1) is 25.3 Å². The fraction of sp³-hybridized carbons (Fsp3) is 0.423. The number of nitrogens with zero attached hydrogens (tertiary/aromatic N) is 1. The molecule has 4 atom stereocenters. The lowest BCUT2D eigenvalue weighted by atomic mass is 9.98. The molecule has 2 N–H and O–H groups in total. The Bertz CT molecular complexity index is 1090. The van der Waals surface area contributed by atoms with Crippen LogP contribution < -0.4 is 5.32 Å². The first-order chi connectivity index (χ1) is 17.0. The molecule has 35 heavy (non-hydrogen) atoms. The number of carboxylic acid groups (broad SMARTS) is 1. The summed E-state index contributed by atoms with van der Waals surface area (Å²) < 4.78 is 16.5. The molecule has 5 rings (SSSR count). The van der Waals surface area contributed by atoms with Gasteiger partial charge in [0.2, 0.25) is 0 Å². The highest BCUT2D eigenvalue weighted by molar-refractivity contribution is 5.84. The first-order valence-electron chi connectivity index (χ1n) is 11.8. The van der Waals surface area contributed by atoms with Crippen LogP contribution >= 0.6 is 0 Å². The summed E-state index contributed by atoms with van der Waals surface area (Å²) in [4.78, 5) is 38.6. The van der Waals surface area contributed by atoms with Gasteiger partial charge >= 0.3 is 12.1 Å². The van der Waals surface area contributed by atoms with Crippen molar-refractivity contribution in [3.05, 3.63) is 59.7 Å². The highest BCUT2D eigenvalue weighted by Gasteiger charge is 2.44. The van der Waals surface area contributed by atoms with E-state index < -0.39 is 36.2 Å². The molecule has 184 valence electrons. The Hall–Kier alpha value is -3.43. The molecular formula is C26H28N2O7. The van der Waals surface area contributed by atoms with Gasteiger partial charge in [-0.05, 0) is 28.7 Å². The van der Waals surface area contributed by atoms with Gasteiger partial charge in [-0.15, -0.1) is 0 Å². The van der Waals surface area contributed by atoms with Crippen LogP contribution in [0.4, 0.5) is 4.79 Å². The summed E-state index contributed by atoms with van der Waals surface area (Å²) in [5.41, 5.74) is 4.52. The fourth-order valence-corrected chi connectivity index (χ4v) is 5.30. The van der Waals surface area contributed by atoms with Crippen LogP contribution in [0.15, 0.2) is 48.5 Å². The van der Waals surface area contributed by atoms with Crippen LogP contribution in [0.1, 0.15) is 23.5 Å². The largest absolute Gasteiger partial charge is 0.481 e. The van der Waals surface area contributed by atoms with Gasteiger partial charge in [0.25, 0.3) is 5.91 Å². The number of amides is 2. The zero-order valence-corrected chi connectivity index (χ0v) is 19.4. The van der Waals surface area contributed by atoms with Crippen molar-refractivity contribution in [2.24, 2.45) is 5.92 Å². The molecule has 0 bridgehead atoms. The van der Waals surface area contributed by atoms with Crippen LogP contribution in [0.2, 0.25) is 0 Å². The van der Waals surface area contributed by atoms with Crippen molar-refractivity contribution in [3.8, 4) is 11.1 Å². The number of ether oxygens (including phenoxy) is 3. The molecule has 2 aliphatic heterocycles. The van der Waals surface area contributed by atoms with E-state index in [4.69, 9.17) is 14.2 Å². The molecular weight excluding hydrogens is 452 g/mol. The van der Waals surface area contributed by atoms with E-state index in [1.165, 1.54) is 4.90 Å². The fourth-order valence-electron chi connectivity index (χ4n) is 5.30. The lowest BCUT2D eigenvalue weighted by Gasteiger charge is -2.30. The highest BCUT2D eigenvalue weighted by atomic mass is 16.6. The molecule has 2 aromatic rings. The zero-order chi connectivity index (χ0) is 24.5. The minimum atomic E-state index is -1.01. The molecule has 2 saturated heterocycles. The monoisotopic (exact) mass is 480 g/mol. The Kier molecular flexibility index (Phi) is 6.44. The van der Waals surface area contributed by atoms with Crippen molar-refractivity contribution in [2.45, 2.75) is 30.5 Å². The molecule has 2 unspecified atom stereocenters. The number of nitrogens with one attached hydrogen (secondary N) is 1. The van der Waals surface area contributed by atoms with Crippen molar-refractivity contribution >= 4 is 18.0 Å². The highest BCUT2D eigenvalue weighted by Crippen LogP contribution is 2.44. The van der Waals surface area contributed by atoms with Gasteiger partial charge in [-0.25, -0.2) is 4.79 Å². The van der Waals surface area contributed by atoms with E-state index in [0.717, 1.165) is 22.3 Å². The second-order valence-electron chi connectivity index (χ2n) is 9.16. The van der Waals surface area contributed by atoms with Crippen LogP contribution in [-0.2, 0) is 23.8 Å². The predicted octanol–water partition coefficient (Wildman–Crippen LogP) is 2.24. The number of likely N-dealkylation sites (N-methyl/N-ethyl adjacent to an activating group) is 1. The number of carbonyl (C=O) groups excluding carboxylic acids is 2. The first-order valence-corrected chi connectivity index (χ1v) is 11.8. The van der Waals surface area contributed by atoms with E-state index in [1.54, 1.807) is 7.05 Å². The maximum atomic E-state index is 13.1. The Morgan fingerprint density at radius 2 is 1.71 bits per heavy atom. The number of rotatable bonds is 6. The number of hydrogen-bond acceptors (Lipinski definition) is 6. The summed E-state index contributed by atoms with van der Waals surface area (Å²) in [6, 6.07) is 15.0. The number of carbonyl (C=O) groups is 3. The van der Waals surface area contributed by atoms with Crippen LogP contribution in [0.3, 0.4) is 0 Å². The Labute approximate surface area is 203 Å². The summed E-state index contributed by atoms with van der Waals surface area (Å²) >= 11 is 0. The first kappa shape index (κ1) is 23.3. The molecule has 0 radical (unpaired) electrons. The van der Waals surface area contributed by atoms with Crippen LogP contribution in [-0.4, -0.2) is 79.6 Å². The third-order valence-corrected chi connectivity index (χ3v) is 7.19. The maximum Gasteiger partial charge on any atom is 0.407 e. The standard InChI is InChI=1S/C26H28N2O7/c1-28(22-14-33-12-20(22)25(30)31)24(29)23-21(10-11-34-23)27-26(32)35-13-19-17-8-4-2-6-15(17)16-7-3-5-9-18(16)19/h2-9,19-23H,10-14H2,1H3,(H,27,32)(H,30,31)/t20?,21-,22?,23+/m0/s1. The molecule has 0 spiro atoms. The molecule has 9 nitrogen and oxygen atoms in total. The average Bonchev–Trinajstić information content (AvgIpc) is 3.60. The maximum absolute atomic E-state index is 13.1. The summed E-state index contributed by atoms with van der Waals surface area (Å²) in [6.45, 7) is 0.689. The van der Waals surface area contributed by atoms with E-state index in [0.29, 0.717) is 13.0 Å². The van der Waals surface area contributed by atoms with Gasteiger partial charge in [-0.3, -0.25) is 9.59 Å². The van der Waals surface area contributed by atoms with Gasteiger partial charge in [0.15, 0.2) is 6.10 Å². The lowest BCUT2D eigenvalue weighted by molar-refractivity contribution is -0.147. The second-order valence-corrected chi connectivity index (χ2v) is 9.16. The summed E-state index contributed by atoms with van der Waals surface area (Å²) in [7, 11) is 1.55. The van der Waals surface area contributed by atoms with E-state index in [2.05, 4.69) is 17.4 Å². The molecule has 2 fully saturated rings. The van der Waals surface area contributed by atoms with E-state index in [1.807, 2.05) is 36.4 Å². The van der Waals surface area contributed by atoms with E-state index in [9.17, 15) is 19.5 Å². The van der Waals surface area contributed by atoms with Gasteiger partial charge in [0.1, 0.15) is 12.5 Å². The van der Waals surface area contributed by atoms with Crippen molar-refractivity contribution < 1.29 is 33.7 Å². The Balaban J connectivity index is 1.21. The van der Waals surface area contributed by atoms with Crippen molar-refractivity contribution in [2.75, 3.05) is 33.5 Å². The van der Waals surface area contributed by atoms with Crippen LogP contribution in [0.25, 0.3) is 11.1 Å². The smallest absolute Gasteiger partial charge is 0.407 e. The number of benzene rings is 2. The summed E-state index contributed by atoms with van der Waals surface area (Å²) in [5.74, 6) is -2.24. The topological polar surface area (TPSA) is 114 Å². The minimum absolute atomic E-state index is 0.0601. The molecule has 0 aromatic heterocycles. The van der Waals surface area contributed by atoms with Crippen LogP contribution in [0.5, 0.6) is 0 Å². The number of fused-ring (bicyclic) bond motifs is 3. The lowest BCUT2D eigenvalue weighted by Crippen LogP contribution is -2.53. The molecule has 1 aliphatic carbocycles. The van der Waals surface area contributed by atoms with Gasteiger partial charge < -0.3 is 29.5 Å². The number of carboxylic acids is 1. The molecule has 2 aromatic carbocycles. The molecule has 3 aliphatic rings. The third-order valence-electron chi connectivity index (χ3n) is 7.19. The van der Waals surface area contributed by atoms with Gasteiger partial charge in [0, 0.05) is 19.6 Å². The second kappa shape index (κ2) is 9.67. The van der Waals surface area contributed by atoms with Crippen LogP contribution in [0, 0.1) is 5.92 Å². The van der Waals surface area contributed by atoms with Gasteiger partial charge in [-0.1, -0.05) is 48.5 Å². The number of aliphatic carboxylic acids is 1. The Morgan fingerprint density at radius 3 is 2.37 bits per heavy atom. The summed E-state index contributed by atoms with van der Waals surface area (Å²) in [5, 5.41) is 12.2. The average molecular weight is 481 g/mol. The zero-order valence-electron chi connectivity index (χ0n) is 19.4. The molecule has 0 saturated carbocycles. The predicted molar refractivity (Wildman–Crippen MR) is 125 cm³/mol.